The molecule has 1 amide bonds. The molecule has 0 aliphatic carbocycles. The number of halogens is 1. The third-order valence-corrected chi connectivity index (χ3v) is 8.11. The predicted octanol–water partition coefficient (Wildman–Crippen LogP) is 6.88. The van der Waals surface area contributed by atoms with Crippen LogP contribution in [-0.2, 0) is 17.9 Å². The molecule has 9 heteroatoms. The molecule has 1 fully saturated rings. The first-order chi connectivity index (χ1) is 17.8. The van der Waals surface area contributed by atoms with Crippen molar-refractivity contribution in [3.63, 3.8) is 0 Å². The molecule has 3 rings (SSSR count). The van der Waals surface area contributed by atoms with Crippen molar-refractivity contribution < 1.29 is 4.79 Å². The van der Waals surface area contributed by atoms with E-state index in [-0.39, 0.29) is 17.0 Å². The number of thioether (sulfide) groups is 1. The van der Waals surface area contributed by atoms with Gasteiger partial charge in [-0.15, -0.1) is 0 Å². The minimum Gasteiger partial charge on any atom is -0.367 e. The summed E-state index contributed by atoms with van der Waals surface area (Å²) < 4.78 is 2.13. The summed E-state index contributed by atoms with van der Waals surface area (Å²) in [5.41, 5.74) is 1.78. The number of unbranched alkanes of at least 4 members (excludes halogenated alkanes) is 4. The van der Waals surface area contributed by atoms with Crippen LogP contribution in [0.3, 0.4) is 0 Å². The van der Waals surface area contributed by atoms with E-state index in [0.717, 1.165) is 24.8 Å². The fourth-order valence-corrected chi connectivity index (χ4v) is 5.80. The van der Waals surface area contributed by atoms with Gasteiger partial charge in [0.05, 0.1) is 4.91 Å². The number of nitrogens with one attached hydrogen (secondary N) is 1. The third kappa shape index (κ3) is 6.84. The summed E-state index contributed by atoms with van der Waals surface area (Å²) in [5.74, 6) is 0.432. The second-order valence-electron chi connectivity index (χ2n) is 9.02. The van der Waals surface area contributed by atoms with Gasteiger partial charge in [-0.2, -0.15) is 5.26 Å². The van der Waals surface area contributed by atoms with Crippen molar-refractivity contribution in [2.75, 3.05) is 11.9 Å². The van der Waals surface area contributed by atoms with Crippen LogP contribution in [-0.4, -0.2) is 26.2 Å². The van der Waals surface area contributed by atoms with Gasteiger partial charge in [0.15, 0.2) is 0 Å². The fourth-order valence-electron chi connectivity index (χ4n) is 4.31. The van der Waals surface area contributed by atoms with Crippen LogP contribution in [0.2, 0.25) is 5.02 Å². The first kappa shape index (κ1) is 29.0. The van der Waals surface area contributed by atoms with Crippen LogP contribution in [0.1, 0.15) is 74.6 Å². The Hall–Kier alpha value is -2.60. The number of aromatic nitrogens is 1. The number of pyridine rings is 1. The average molecular weight is 557 g/mol. The standard InChI is InChI=1S/C28H33ClN4O2S2/c1-4-6-7-8-11-15-33-27(35)24(37-28(33)36)16-21-19(3)22(17-30)26(34)32(14-5-2)25(21)31-18-20-12-9-10-13-23(20)29/h9-10,12-13,16,31H,4-8,11,14-15,18H2,1-3H3/b24-16+. The fraction of sp³-hybridized carbons (Fsp3) is 0.429. The van der Waals surface area contributed by atoms with Crippen LogP contribution in [0.5, 0.6) is 0 Å². The lowest BCUT2D eigenvalue weighted by molar-refractivity contribution is -0.122. The Morgan fingerprint density at radius 3 is 2.51 bits per heavy atom. The number of benzene rings is 1. The van der Waals surface area contributed by atoms with Crippen molar-refractivity contribution in [1.29, 1.82) is 5.26 Å². The molecule has 0 spiro atoms. The summed E-state index contributed by atoms with van der Waals surface area (Å²) in [7, 11) is 0. The second kappa shape index (κ2) is 13.8. The zero-order chi connectivity index (χ0) is 26.9. The molecule has 0 atom stereocenters. The molecule has 1 N–H and O–H groups in total. The Kier molecular flexibility index (Phi) is 10.8. The van der Waals surface area contributed by atoms with Gasteiger partial charge in [-0.25, -0.2) is 0 Å². The van der Waals surface area contributed by atoms with E-state index in [2.05, 4.69) is 18.3 Å². The molecule has 1 saturated heterocycles. The molecule has 6 nitrogen and oxygen atoms in total. The molecule has 0 saturated carbocycles. The van der Waals surface area contributed by atoms with Gasteiger partial charge >= 0.3 is 0 Å². The SMILES string of the molecule is CCCCCCCN1C(=O)/C(=C\c2c(C)c(C#N)c(=O)n(CCC)c2NCc2ccccc2Cl)SC1=S. The summed E-state index contributed by atoms with van der Waals surface area (Å²) >= 11 is 13.2. The maximum Gasteiger partial charge on any atom is 0.270 e. The zero-order valence-corrected chi connectivity index (χ0v) is 24.0. The van der Waals surface area contributed by atoms with Crippen molar-refractivity contribution in [3.05, 3.63) is 66.8 Å². The van der Waals surface area contributed by atoms with Crippen LogP contribution in [0.25, 0.3) is 6.08 Å². The minimum absolute atomic E-state index is 0.0781. The van der Waals surface area contributed by atoms with Gasteiger partial charge in [0, 0.05) is 30.2 Å². The molecule has 2 heterocycles. The summed E-state index contributed by atoms with van der Waals surface area (Å²) in [6.45, 7) is 7.31. The molecule has 2 aromatic rings. The summed E-state index contributed by atoms with van der Waals surface area (Å²) in [4.78, 5) is 28.7. The van der Waals surface area contributed by atoms with Crippen LogP contribution < -0.4 is 10.9 Å². The molecular formula is C28H33ClN4O2S2. The van der Waals surface area contributed by atoms with Crippen molar-refractivity contribution >= 4 is 57.7 Å². The highest BCUT2D eigenvalue weighted by atomic mass is 35.5. The first-order valence-electron chi connectivity index (χ1n) is 12.7. The van der Waals surface area contributed by atoms with Gasteiger partial charge in [-0.1, -0.05) is 93.3 Å². The van der Waals surface area contributed by atoms with Gasteiger partial charge in [0.2, 0.25) is 0 Å². The van der Waals surface area contributed by atoms with Crippen LogP contribution >= 0.6 is 35.6 Å². The number of hydrogen-bond donors (Lipinski definition) is 1. The average Bonchev–Trinajstić information content (AvgIpc) is 3.14. The quantitative estimate of drug-likeness (QED) is 0.174. The maximum absolute atomic E-state index is 13.3. The Balaban J connectivity index is 2.01. The molecule has 1 aliphatic heterocycles. The van der Waals surface area contributed by atoms with Gasteiger partial charge in [0.25, 0.3) is 11.5 Å². The number of amides is 1. The maximum atomic E-state index is 13.3. The van der Waals surface area contributed by atoms with E-state index in [1.54, 1.807) is 22.5 Å². The van der Waals surface area contributed by atoms with E-state index in [0.29, 0.717) is 57.2 Å². The molecule has 1 aliphatic rings. The number of nitriles is 1. The molecule has 1 aromatic carbocycles. The monoisotopic (exact) mass is 556 g/mol. The van der Waals surface area contributed by atoms with Gasteiger partial charge in [-0.05, 0) is 43.0 Å². The normalized spacial score (nSPS) is 14.5. The van der Waals surface area contributed by atoms with E-state index >= 15 is 0 Å². The smallest absolute Gasteiger partial charge is 0.270 e. The first-order valence-corrected chi connectivity index (χ1v) is 14.3. The highest BCUT2D eigenvalue weighted by Gasteiger charge is 2.32. The number of nitrogens with zero attached hydrogens (tertiary/aromatic N) is 3. The van der Waals surface area contributed by atoms with E-state index in [9.17, 15) is 14.9 Å². The molecule has 0 unspecified atom stereocenters. The Morgan fingerprint density at radius 2 is 1.84 bits per heavy atom. The van der Waals surface area contributed by atoms with Crippen molar-refractivity contribution in [2.24, 2.45) is 0 Å². The second-order valence-corrected chi connectivity index (χ2v) is 11.1. The van der Waals surface area contributed by atoms with Gasteiger partial charge < -0.3 is 5.32 Å². The molecule has 0 radical (unpaired) electrons. The molecule has 196 valence electrons. The van der Waals surface area contributed by atoms with E-state index < -0.39 is 0 Å². The van der Waals surface area contributed by atoms with Gasteiger partial charge in [-0.3, -0.25) is 19.1 Å². The van der Waals surface area contributed by atoms with E-state index in [4.69, 9.17) is 23.8 Å². The molecule has 0 bridgehead atoms. The third-order valence-electron chi connectivity index (χ3n) is 6.36. The lowest BCUT2D eigenvalue weighted by Gasteiger charge is -2.20. The summed E-state index contributed by atoms with van der Waals surface area (Å²) in [6.07, 6.45) is 7.95. The number of hydrogen-bond acceptors (Lipinski definition) is 6. The number of anilines is 1. The lowest BCUT2D eigenvalue weighted by Crippen LogP contribution is -2.29. The number of thiocarbonyl (C=S) groups is 1. The van der Waals surface area contributed by atoms with Crippen LogP contribution in [0.4, 0.5) is 5.82 Å². The van der Waals surface area contributed by atoms with E-state index in [1.165, 1.54) is 24.6 Å². The number of rotatable bonds is 12. The zero-order valence-electron chi connectivity index (χ0n) is 21.6. The Morgan fingerprint density at radius 1 is 1.11 bits per heavy atom. The van der Waals surface area contributed by atoms with Crippen molar-refractivity contribution in [2.45, 2.75) is 72.4 Å². The Bertz CT molecular complexity index is 1300. The minimum atomic E-state index is -0.347. The largest absolute Gasteiger partial charge is 0.367 e. The van der Waals surface area contributed by atoms with Crippen LogP contribution in [0, 0.1) is 18.3 Å². The summed E-state index contributed by atoms with van der Waals surface area (Å²) in [6, 6.07) is 9.57. The van der Waals surface area contributed by atoms with E-state index in [1.807, 2.05) is 31.2 Å². The van der Waals surface area contributed by atoms with Crippen molar-refractivity contribution in [3.8, 4) is 6.07 Å². The molecule has 1 aromatic heterocycles. The van der Waals surface area contributed by atoms with Crippen molar-refractivity contribution in [1.82, 2.24) is 9.47 Å². The van der Waals surface area contributed by atoms with Crippen LogP contribution in [0.15, 0.2) is 34.0 Å². The topological polar surface area (TPSA) is 78.1 Å². The highest BCUT2D eigenvalue weighted by molar-refractivity contribution is 8.26. The predicted molar refractivity (Wildman–Crippen MR) is 158 cm³/mol. The Labute approximate surface area is 233 Å². The highest BCUT2D eigenvalue weighted by Crippen LogP contribution is 2.35. The molecular weight excluding hydrogens is 524 g/mol. The molecule has 37 heavy (non-hydrogen) atoms. The number of carbonyl (C=O) groups is 1. The number of carbonyl (C=O) groups excluding carboxylic acids is 1. The summed E-state index contributed by atoms with van der Waals surface area (Å²) in [5, 5.41) is 13.8. The lowest BCUT2D eigenvalue weighted by atomic mass is 10.0. The van der Waals surface area contributed by atoms with Gasteiger partial charge in [0.1, 0.15) is 21.8 Å².